The van der Waals surface area contributed by atoms with E-state index in [2.05, 4.69) is 37.2 Å². The van der Waals surface area contributed by atoms with Crippen LogP contribution in [0.25, 0.3) is 21.7 Å². The van der Waals surface area contributed by atoms with Gasteiger partial charge in [0, 0.05) is 0 Å². The zero-order valence-electron chi connectivity index (χ0n) is 10.8. The van der Waals surface area contributed by atoms with Crippen LogP contribution >= 0.6 is 11.3 Å². The molecular weight excluding hydrogens is 256 g/mol. The van der Waals surface area contributed by atoms with Crippen molar-refractivity contribution < 1.29 is 4.52 Å². The van der Waals surface area contributed by atoms with Gasteiger partial charge in [0.05, 0.1) is 10.4 Å². The number of thiophene rings is 1. The maximum atomic E-state index is 5.97. The number of nitrogens with zero attached hydrogens (tertiary/aromatic N) is 1. The van der Waals surface area contributed by atoms with Gasteiger partial charge in [0.1, 0.15) is 5.69 Å². The van der Waals surface area contributed by atoms with Gasteiger partial charge in [0.25, 0.3) is 0 Å². The molecule has 0 atom stereocenters. The Kier molecular flexibility index (Phi) is 2.87. The highest BCUT2D eigenvalue weighted by Crippen LogP contribution is 2.39. The van der Waals surface area contributed by atoms with E-state index in [1.807, 2.05) is 17.5 Å². The summed E-state index contributed by atoms with van der Waals surface area (Å²) in [5.41, 5.74) is 11.1. The van der Waals surface area contributed by atoms with Gasteiger partial charge in [-0.15, -0.1) is 11.3 Å². The van der Waals surface area contributed by atoms with Crippen LogP contribution in [0.4, 0.5) is 5.88 Å². The molecule has 0 saturated heterocycles. The molecule has 96 valence electrons. The minimum atomic E-state index is 0.372. The van der Waals surface area contributed by atoms with E-state index in [4.69, 9.17) is 10.3 Å². The van der Waals surface area contributed by atoms with E-state index in [0.717, 1.165) is 21.7 Å². The van der Waals surface area contributed by atoms with E-state index in [-0.39, 0.29) is 0 Å². The summed E-state index contributed by atoms with van der Waals surface area (Å²) in [5, 5.41) is 6.14. The molecule has 4 heteroatoms. The summed E-state index contributed by atoms with van der Waals surface area (Å²) in [7, 11) is 0. The topological polar surface area (TPSA) is 52.0 Å². The Morgan fingerprint density at radius 3 is 2.79 bits per heavy atom. The standard InChI is InChI=1S/C15H14N2OS/c1-9-5-6-10(2)11(8-9)13-14(17-18-15(13)16)12-4-3-7-19-12/h3-8H,16H2,1-2H3. The van der Waals surface area contributed by atoms with E-state index in [1.54, 1.807) is 11.3 Å². The monoisotopic (exact) mass is 270 g/mol. The molecule has 0 bridgehead atoms. The number of hydrogen-bond donors (Lipinski definition) is 1. The Bertz CT molecular complexity index is 714. The lowest BCUT2D eigenvalue weighted by Crippen LogP contribution is -1.90. The lowest BCUT2D eigenvalue weighted by Gasteiger charge is -2.07. The highest BCUT2D eigenvalue weighted by molar-refractivity contribution is 7.13. The molecule has 0 aliphatic rings. The van der Waals surface area contributed by atoms with Crippen LogP contribution in [0.1, 0.15) is 11.1 Å². The molecule has 2 N–H and O–H groups in total. The molecule has 3 nitrogen and oxygen atoms in total. The van der Waals surface area contributed by atoms with E-state index >= 15 is 0 Å². The molecular formula is C15H14N2OS. The van der Waals surface area contributed by atoms with Crippen molar-refractivity contribution in [2.24, 2.45) is 0 Å². The number of benzene rings is 1. The molecule has 19 heavy (non-hydrogen) atoms. The zero-order chi connectivity index (χ0) is 13.4. The average molecular weight is 270 g/mol. The maximum Gasteiger partial charge on any atom is 0.230 e. The largest absolute Gasteiger partial charge is 0.367 e. The fourth-order valence-electron chi connectivity index (χ4n) is 2.15. The molecule has 3 aromatic rings. The van der Waals surface area contributed by atoms with Crippen LogP contribution in [0.5, 0.6) is 0 Å². The third-order valence-corrected chi connectivity index (χ3v) is 4.01. The molecule has 0 radical (unpaired) electrons. The van der Waals surface area contributed by atoms with E-state index in [0.29, 0.717) is 5.88 Å². The van der Waals surface area contributed by atoms with Gasteiger partial charge >= 0.3 is 0 Å². The first-order valence-corrected chi connectivity index (χ1v) is 6.91. The van der Waals surface area contributed by atoms with Crippen molar-refractivity contribution in [2.45, 2.75) is 13.8 Å². The number of nitrogens with two attached hydrogens (primary N) is 1. The number of nitrogen functional groups attached to an aromatic ring is 1. The Labute approximate surface area is 115 Å². The van der Waals surface area contributed by atoms with Gasteiger partial charge in [-0.3, -0.25) is 0 Å². The summed E-state index contributed by atoms with van der Waals surface area (Å²) in [5.74, 6) is 0.372. The van der Waals surface area contributed by atoms with Crippen molar-refractivity contribution in [3.05, 3.63) is 46.8 Å². The number of anilines is 1. The van der Waals surface area contributed by atoms with Gasteiger partial charge in [0.15, 0.2) is 0 Å². The van der Waals surface area contributed by atoms with Crippen LogP contribution < -0.4 is 5.73 Å². The van der Waals surface area contributed by atoms with Gasteiger partial charge in [-0.2, -0.15) is 0 Å². The first kappa shape index (κ1) is 12.0. The second kappa shape index (κ2) is 4.55. The molecule has 3 rings (SSSR count). The zero-order valence-corrected chi connectivity index (χ0v) is 11.6. The summed E-state index contributed by atoms with van der Waals surface area (Å²) in [6.07, 6.45) is 0. The fourth-order valence-corrected chi connectivity index (χ4v) is 2.86. The van der Waals surface area contributed by atoms with Crippen LogP contribution in [-0.4, -0.2) is 5.16 Å². The second-order valence-corrected chi connectivity index (χ2v) is 5.51. The van der Waals surface area contributed by atoms with E-state index < -0.39 is 0 Å². The Morgan fingerprint density at radius 2 is 2.05 bits per heavy atom. The Balaban J connectivity index is 2.25. The second-order valence-electron chi connectivity index (χ2n) is 4.57. The summed E-state index contributed by atoms with van der Waals surface area (Å²) in [4.78, 5) is 1.07. The maximum absolute atomic E-state index is 5.97. The number of aryl methyl sites for hydroxylation is 2. The summed E-state index contributed by atoms with van der Waals surface area (Å²) in [6.45, 7) is 4.14. The normalized spacial score (nSPS) is 10.8. The van der Waals surface area contributed by atoms with Crippen molar-refractivity contribution in [2.75, 3.05) is 5.73 Å². The number of aromatic nitrogens is 1. The molecule has 1 aromatic carbocycles. The smallest absolute Gasteiger partial charge is 0.230 e. The molecule has 0 spiro atoms. The minimum Gasteiger partial charge on any atom is -0.367 e. The number of rotatable bonds is 2. The van der Waals surface area contributed by atoms with Gasteiger partial charge in [-0.05, 0) is 36.4 Å². The summed E-state index contributed by atoms with van der Waals surface area (Å²) < 4.78 is 5.20. The summed E-state index contributed by atoms with van der Waals surface area (Å²) in [6, 6.07) is 10.3. The van der Waals surface area contributed by atoms with Gasteiger partial charge < -0.3 is 10.3 Å². The predicted molar refractivity (Wildman–Crippen MR) is 79.1 cm³/mol. The first-order valence-electron chi connectivity index (χ1n) is 6.03. The van der Waals surface area contributed by atoms with E-state index in [1.165, 1.54) is 11.1 Å². The van der Waals surface area contributed by atoms with Crippen molar-refractivity contribution in [3.63, 3.8) is 0 Å². The van der Waals surface area contributed by atoms with Crippen molar-refractivity contribution in [1.82, 2.24) is 5.16 Å². The first-order chi connectivity index (χ1) is 9.16. The van der Waals surface area contributed by atoms with Crippen LogP contribution in [0.15, 0.2) is 40.2 Å². The Morgan fingerprint density at radius 1 is 1.21 bits per heavy atom. The average Bonchev–Trinajstić information content (AvgIpc) is 3.01. The SMILES string of the molecule is Cc1ccc(C)c(-c2c(-c3cccs3)noc2N)c1. The molecule has 0 aliphatic carbocycles. The van der Waals surface area contributed by atoms with Gasteiger partial charge in [-0.25, -0.2) is 0 Å². The Hall–Kier alpha value is -2.07. The van der Waals surface area contributed by atoms with Crippen LogP contribution in [-0.2, 0) is 0 Å². The number of hydrogen-bond acceptors (Lipinski definition) is 4. The highest BCUT2D eigenvalue weighted by atomic mass is 32.1. The molecule has 0 amide bonds. The molecule has 0 aliphatic heterocycles. The van der Waals surface area contributed by atoms with Crippen molar-refractivity contribution in [3.8, 4) is 21.7 Å². The summed E-state index contributed by atoms with van der Waals surface area (Å²) >= 11 is 1.63. The third-order valence-electron chi connectivity index (χ3n) is 3.14. The van der Waals surface area contributed by atoms with Crippen LogP contribution in [0, 0.1) is 13.8 Å². The minimum absolute atomic E-state index is 0.372. The molecule has 2 aromatic heterocycles. The van der Waals surface area contributed by atoms with Gasteiger partial charge in [-0.1, -0.05) is 35.0 Å². The fraction of sp³-hybridized carbons (Fsp3) is 0.133. The predicted octanol–water partition coefficient (Wildman–Crippen LogP) is 4.27. The van der Waals surface area contributed by atoms with Crippen molar-refractivity contribution >= 4 is 17.2 Å². The van der Waals surface area contributed by atoms with Crippen LogP contribution in [0.3, 0.4) is 0 Å². The molecule has 0 saturated carbocycles. The third kappa shape index (κ3) is 2.04. The van der Waals surface area contributed by atoms with Gasteiger partial charge in [0.2, 0.25) is 5.88 Å². The molecule has 2 heterocycles. The van der Waals surface area contributed by atoms with Crippen molar-refractivity contribution in [1.29, 1.82) is 0 Å². The molecule has 0 unspecified atom stereocenters. The van der Waals surface area contributed by atoms with Crippen LogP contribution in [0.2, 0.25) is 0 Å². The highest BCUT2D eigenvalue weighted by Gasteiger charge is 2.19. The quantitative estimate of drug-likeness (QED) is 0.756. The lowest BCUT2D eigenvalue weighted by atomic mass is 9.98. The van der Waals surface area contributed by atoms with E-state index in [9.17, 15) is 0 Å². The lowest BCUT2D eigenvalue weighted by molar-refractivity contribution is 0.439. The molecule has 0 fully saturated rings.